The summed E-state index contributed by atoms with van der Waals surface area (Å²) < 4.78 is 0. The smallest absolute Gasteiger partial charge is 0.00905 e. The van der Waals surface area contributed by atoms with Crippen LogP contribution in [0.1, 0.15) is 19.3 Å². The molecule has 0 atom stereocenters. The van der Waals surface area contributed by atoms with Crippen molar-refractivity contribution in [2.24, 2.45) is 0 Å². The molecule has 0 aliphatic heterocycles. The number of rotatable bonds is 2. The zero-order chi connectivity index (χ0) is 5.82. The molecule has 0 aromatic carbocycles. The van der Waals surface area contributed by atoms with Gasteiger partial charge in [-0.1, -0.05) is 18.2 Å². The van der Waals surface area contributed by atoms with E-state index in [-0.39, 0.29) is 0 Å². The zero-order valence-electron chi connectivity index (χ0n) is 4.98. The molecule has 1 aliphatic carbocycles. The molecular formula is C8H10. The normalized spacial score (nSPS) is 14.8. The van der Waals surface area contributed by atoms with Crippen molar-refractivity contribution in [3.8, 4) is 0 Å². The van der Waals surface area contributed by atoms with Gasteiger partial charge in [-0.05, 0) is 25.3 Å². The number of allylic oxidation sites excluding steroid dienone is 3. The second-order valence-corrected chi connectivity index (χ2v) is 2.01. The van der Waals surface area contributed by atoms with E-state index >= 15 is 0 Å². The molecular weight excluding hydrogens is 96.1 g/mol. The molecule has 0 unspecified atom stereocenters. The van der Waals surface area contributed by atoms with Crippen LogP contribution >= 0.6 is 0 Å². The summed E-state index contributed by atoms with van der Waals surface area (Å²) in [5.74, 6) is 0. The average Bonchev–Trinajstić information content (AvgIpc) is 2.51. The molecule has 1 aliphatic rings. The van der Waals surface area contributed by atoms with Gasteiger partial charge in [-0.2, -0.15) is 0 Å². The van der Waals surface area contributed by atoms with Gasteiger partial charge in [0.05, 0.1) is 0 Å². The van der Waals surface area contributed by atoms with E-state index in [1.807, 2.05) is 6.08 Å². The summed E-state index contributed by atoms with van der Waals surface area (Å²) in [7, 11) is 0. The van der Waals surface area contributed by atoms with Gasteiger partial charge in [0.15, 0.2) is 0 Å². The molecule has 0 heterocycles. The average molecular weight is 106 g/mol. The van der Waals surface area contributed by atoms with Crippen LogP contribution < -0.4 is 0 Å². The van der Waals surface area contributed by atoms with Crippen LogP contribution in [-0.2, 0) is 0 Å². The summed E-state index contributed by atoms with van der Waals surface area (Å²) >= 11 is 0. The Morgan fingerprint density at radius 1 is 1.62 bits per heavy atom. The lowest BCUT2D eigenvalue weighted by molar-refractivity contribution is 1.38. The van der Waals surface area contributed by atoms with Crippen molar-refractivity contribution in [3.63, 3.8) is 0 Å². The van der Waals surface area contributed by atoms with E-state index in [9.17, 15) is 0 Å². The lowest BCUT2D eigenvalue weighted by Gasteiger charge is -1.71. The highest BCUT2D eigenvalue weighted by atomic mass is 14.1. The van der Waals surface area contributed by atoms with Crippen LogP contribution in [0.5, 0.6) is 0 Å². The van der Waals surface area contributed by atoms with Crippen LogP contribution in [0.15, 0.2) is 30.0 Å². The van der Waals surface area contributed by atoms with E-state index in [1.54, 1.807) is 5.57 Å². The van der Waals surface area contributed by atoms with Crippen LogP contribution in [0, 0.1) is 0 Å². The molecule has 0 bridgehead atoms. The fraction of sp³-hybridized carbons (Fsp3) is 0.375. The largest absolute Gasteiger partial charge is 0.133 e. The summed E-state index contributed by atoms with van der Waals surface area (Å²) in [6, 6.07) is 0. The highest BCUT2D eigenvalue weighted by Gasteiger charge is 2.08. The number of hydrogen-bond acceptors (Lipinski definition) is 0. The van der Waals surface area contributed by atoms with Crippen molar-refractivity contribution in [2.45, 2.75) is 19.3 Å². The Morgan fingerprint density at radius 2 is 2.38 bits per heavy atom. The SMILES string of the molecule is C=C=CCC=C1CC1. The van der Waals surface area contributed by atoms with Gasteiger partial charge < -0.3 is 0 Å². The first-order valence-electron chi connectivity index (χ1n) is 2.95. The van der Waals surface area contributed by atoms with Crippen LogP contribution in [-0.4, -0.2) is 0 Å². The second-order valence-electron chi connectivity index (χ2n) is 2.01. The van der Waals surface area contributed by atoms with Crippen molar-refractivity contribution in [2.75, 3.05) is 0 Å². The molecule has 0 N–H and O–H groups in total. The molecule has 0 nitrogen and oxygen atoms in total. The molecule has 42 valence electrons. The second kappa shape index (κ2) is 2.54. The first-order chi connectivity index (χ1) is 3.93. The Hall–Kier alpha value is -0.740. The molecule has 0 saturated heterocycles. The first kappa shape index (κ1) is 5.40. The monoisotopic (exact) mass is 106 g/mol. The maximum Gasteiger partial charge on any atom is -0.00905 e. The first-order valence-corrected chi connectivity index (χ1v) is 2.95. The van der Waals surface area contributed by atoms with Crippen LogP contribution in [0.4, 0.5) is 0 Å². The van der Waals surface area contributed by atoms with Crippen molar-refractivity contribution >= 4 is 0 Å². The van der Waals surface area contributed by atoms with Crippen molar-refractivity contribution in [1.82, 2.24) is 0 Å². The summed E-state index contributed by atoms with van der Waals surface area (Å²) in [4.78, 5) is 0. The number of hydrogen-bond donors (Lipinski definition) is 0. The third kappa shape index (κ3) is 1.81. The van der Waals surface area contributed by atoms with E-state index in [1.165, 1.54) is 12.8 Å². The van der Waals surface area contributed by atoms with E-state index in [0.717, 1.165) is 6.42 Å². The van der Waals surface area contributed by atoms with Gasteiger partial charge in [0, 0.05) is 0 Å². The van der Waals surface area contributed by atoms with E-state index in [0.29, 0.717) is 0 Å². The fourth-order valence-electron chi connectivity index (χ4n) is 0.585. The molecule has 1 saturated carbocycles. The van der Waals surface area contributed by atoms with Crippen molar-refractivity contribution < 1.29 is 0 Å². The Balaban J connectivity index is 2.20. The standard InChI is InChI=1S/C8H10/c1-2-3-4-5-8-6-7-8/h3,5H,1,4,6-7H2. The maximum absolute atomic E-state index is 3.47. The lowest BCUT2D eigenvalue weighted by Crippen LogP contribution is -1.51. The highest BCUT2D eigenvalue weighted by molar-refractivity contribution is 5.17. The summed E-state index contributed by atoms with van der Waals surface area (Å²) in [6.45, 7) is 3.47. The van der Waals surface area contributed by atoms with Crippen LogP contribution in [0.2, 0.25) is 0 Å². The minimum Gasteiger partial charge on any atom is -0.133 e. The van der Waals surface area contributed by atoms with Crippen LogP contribution in [0.3, 0.4) is 0 Å². The molecule has 0 radical (unpaired) electrons. The Labute approximate surface area is 50.2 Å². The van der Waals surface area contributed by atoms with Crippen molar-refractivity contribution in [1.29, 1.82) is 0 Å². The minimum atomic E-state index is 1.03. The van der Waals surface area contributed by atoms with E-state index in [4.69, 9.17) is 0 Å². The van der Waals surface area contributed by atoms with Gasteiger partial charge in [0.2, 0.25) is 0 Å². The topological polar surface area (TPSA) is 0 Å². The predicted molar refractivity (Wildman–Crippen MR) is 35.6 cm³/mol. The van der Waals surface area contributed by atoms with Gasteiger partial charge in [0.1, 0.15) is 0 Å². The summed E-state index contributed by atoms with van der Waals surface area (Å²) in [5.41, 5.74) is 4.33. The molecule has 0 aromatic heterocycles. The molecule has 0 heteroatoms. The summed E-state index contributed by atoms with van der Waals surface area (Å²) in [6.07, 6.45) is 7.87. The Kier molecular flexibility index (Phi) is 1.71. The van der Waals surface area contributed by atoms with E-state index in [2.05, 4.69) is 18.4 Å². The van der Waals surface area contributed by atoms with Crippen molar-refractivity contribution in [3.05, 3.63) is 30.0 Å². The fourth-order valence-corrected chi connectivity index (χ4v) is 0.585. The minimum absolute atomic E-state index is 1.03. The Morgan fingerprint density at radius 3 is 2.88 bits per heavy atom. The van der Waals surface area contributed by atoms with Gasteiger partial charge in [-0.15, -0.1) is 5.73 Å². The van der Waals surface area contributed by atoms with Gasteiger partial charge in [-0.25, -0.2) is 0 Å². The van der Waals surface area contributed by atoms with Crippen LogP contribution in [0.25, 0.3) is 0 Å². The third-order valence-corrected chi connectivity index (χ3v) is 1.21. The lowest BCUT2D eigenvalue weighted by atomic mass is 10.3. The summed E-state index contributed by atoms with van der Waals surface area (Å²) in [5, 5.41) is 0. The van der Waals surface area contributed by atoms with Gasteiger partial charge >= 0.3 is 0 Å². The van der Waals surface area contributed by atoms with Gasteiger partial charge in [-0.3, -0.25) is 0 Å². The molecule has 0 amide bonds. The molecule has 0 spiro atoms. The molecule has 1 rings (SSSR count). The van der Waals surface area contributed by atoms with Gasteiger partial charge in [0.25, 0.3) is 0 Å². The Bertz CT molecular complexity index is 139. The molecule has 0 aromatic rings. The molecule has 8 heavy (non-hydrogen) atoms. The predicted octanol–water partition coefficient (Wildman–Crippen LogP) is 2.44. The molecule has 1 fully saturated rings. The third-order valence-electron chi connectivity index (χ3n) is 1.21. The van der Waals surface area contributed by atoms with E-state index < -0.39 is 0 Å². The quantitative estimate of drug-likeness (QED) is 0.374. The zero-order valence-corrected chi connectivity index (χ0v) is 4.98. The highest BCUT2D eigenvalue weighted by Crippen LogP contribution is 2.27. The maximum atomic E-state index is 3.47.